The molecule has 1 atom stereocenters. The molecular formula is C19H20BrNO3S. The average Bonchev–Trinajstić information content (AvgIpc) is 3.09. The lowest BCUT2D eigenvalue weighted by molar-refractivity contribution is -0.135. The molecule has 0 bridgehead atoms. The molecule has 1 aliphatic rings. The van der Waals surface area contributed by atoms with Crippen molar-refractivity contribution in [2.45, 2.75) is 38.7 Å². The number of unbranched alkanes of at least 4 members (excludes halogenated alkanes) is 1. The number of thiophene rings is 1. The molecule has 1 amide bonds. The number of rotatable bonds is 6. The highest BCUT2D eigenvalue weighted by Crippen LogP contribution is 2.44. The normalized spacial score (nSPS) is 19.4. The van der Waals surface area contributed by atoms with Gasteiger partial charge in [0.05, 0.1) is 17.0 Å². The number of amides is 1. The largest absolute Gasteiger partial charge is 0.375 e. The number of carbonyl (C=O) groups excluding carboxylic acids is 2. The first-order valence-electron chi connectivity index (χ1n) is 8.31. The van der Waals surface area contributed by atoms with Gasteiger partial charge in [-0.3, -0.25) is 9.59 Å². The molecule has 25 heavy (non-hydrogen) atoms. The lowest BCUT2D eigenvalue weighted by atomic mass is 9.89. The molecule has 0 fully saturated rings. The van der Waals surface area contributed by atoms with Gasteiger partial charge in [-0.1, -0.05) is 29.3 Å². The summed E-state index contributed by atoms with van der Waals surface area (Å²) in [5.41, 5.74) is -0.606. The third-order valence-corrected chi connectivity index (χ3v) is 6.00. The van der Waals surface area contributed by atoms with Gasteiger partial charge in [0, 0.05) is 21.5 Å². The molecule has 1 aliphatic heterocycles. The number of carbonyl (C=O) groups is 2. The number of halogens is 1. The van der Waals surface area contributed by atoms with Crippen molar-refractivity contribution in [1.82, 2.24) is 0 Å². The number of benzene rings is 1. The van der Waals surface area contributed by atoms with Gasteiger partial charge in [0.1, 0.15) is 0 Å². The fourth-order valence-corrected chi connectivity index (χ4v) is 4.30. The predicted octanol–water partition coefficient (Wildman–Crippen LogP) is 4.43. The van der Waals surface area contributed by atoms with Gasteiger partial charge >= 0.3 is 0 Å². The van der Waals surface area contributed by atoms with E-state index >= 15 is 0 Å². The minimum absolute atomic E-state index is 0.211. The number of anilines is 1. The first-order valence-corrected chi connectivity index (χ1v) is 9.91. The van der Waals surface area contributed by atoms with Crippen LogP contribution in [0.4, 0.5) is 5.69 Å². The van der Waals surface area contributed by atoms with E-state index in [1.54, 1.807) is 17.0 Å². The lowest BCUT2D eigenvalue weighted by Gasteiger charge is -2.22. The van der Waals surface area contributed by atoms with E-state index in [4.69, 9.17) is 0 Å². The molecule has 3 rings (SSSR count). The summed E-state index contributed by atoms with van der Waals surface area (Å²) >= 11 is 4.78. The Morgan fingerprint density at radius 2 is 2.08 bits per heavy atom. The van der Waals surface area contributed by atoms with Crippen molar-refractivity contribution >= 4 is 44.6 Å². The van der Waals surface area contributed by atoms with Crippen molar-refractivity contribution in [3.05, 3.63) is 50.1 Å². The van der Waals surface area contributed by atoms with Gasteiger partial charge in [-0.05, 0) is 43.7 Å². The Morgan fingerprint density at radius 3 is 2.72 bits per heavy atom. The summed E-state index contributed by atoms with van der Waals surface area (Å²) in [5.74, 6) is -0.618. The minimum atomic E-state index is -1.80. The monoisotopic (exact) mass is 421 g/mol. The Balaban J connectivity index is 1.98. The molecule has 1 aromatic carbocycles. The van der Waals surface area contributed by atoms with Crippen molar-refractivity contribution in [2.75, 3.05) is 11.4 Å². The minimum Gasteiger partial charge on any atom is -0.375 e. The van der Waals surface area contributed by atoms with Crippen LogP contribution in [-0.4, -0.2) is 23.3 Å². The van der Waals surface area contributed by atoms with E-state index in [9.17, 15) is 14.7 Å². The van der Waals surface area contributed by atoms with Crippen LogP contribution in [0.25, 0.3) is 0 Å². The van der Waals surface area contributed by atoms with Crippen molar-refractivity contribution < 1.29 is 14.7 Å². The first kappa shape index (κ1) is 18.3. The standard InChI is InChI=1S/C19H20BrNO3S/c1-3-4-9-21-15-7-6-13(20)10-14(15)19(24,18(21)23)11-16(22)17-8-5-12(2)25-17/h5-8,10,24H,3-4,9,11H2,1-2H3/t19-/m1/s1. The second-order valence-electron chi connectivity index (χ2n) is 6.34. The van der Waals surface area contributed by atoms with Crippen LogP contribution in [0.5, 0.6) is 0 Å². The molecule has 0 radical (unpaired) electrons. The van der Waals surface area contributed by atoms with Crippen molar-refractivity contribution in [1.29, 1.82) is 0 Å². The number of hydrogen-bond donors (Lipinski definition) is 1. The maximum absolute atomic E-state index is 13.0. The Kier molecular flexibility index (Phi) is 5.14. The van der Waals surface area contributed by atoms with E-state index in [1.165, 1.54) is 11.3 Å². The highest BCUT2D eigenvalue weighted by molar-refractivity contribution is 9.10. The van der Waals surface area contributed by atoms with Gasteiger partial charge in [0.15, 0.2) is 11.4 Å². The van der Waals surface area contributed by atoms with E-state index in [0.717, 1.165) is 22.2 Å². The Hall–Kier alpha value is -1.50. The molecule has 0 unspecified atom stereocenters. The van der Waals surface area contributed by atoms with E-state index in [-0.39, 0.29) is 12.2 Å². The number of aryl methyl sites for hydroxylation is 1. The van der Waals surface area contributed by atoms with Gasteiger partial charge in [-0.2, -0.15) is 0 Å². The van der Waals surface area contributed by atoms with Crippen molar-refractivity contribution in [3.63, 3.8) is 0 Å². The highest BCUT2D eigenvalue weighted by Gasteiger charge is 2.50. The quantitative estimate of drug-likeness (QED) is 0.701. The maximum Gasteiger partial charge on any atom is 0.264 e. The molecule has 2 heterocycles. The summed E-state index contributed by atoms with van der Waals surface area (Å²) in [4.78, 5) is 28.8. The van der Waals surface area contributed by atoms with Crippen LogP contribution >= 0.6 is 27.3 Å². The molecule has 0 saturated carbocycles. The third-order valence-electron chi connectivity index (χ3n) is 4.46. The molecule has 1 N–H and O–H groups in total. The molecule has 6 heteroatoms. The second-order valence-corrected chi connectivity index (χ2v) is 8.55. The molecule has 4 nitrogen and oxygen atoms in total. The van der Waals surface area contributed by atoms with Crippen LogP contribution in [0.15, 0.2) is 34.8 Å². The van der Waals surface area contributed by atoms with Gasteiger partial charge < -0.3 is 10.0 Å². The van der Waals surface area contributed by atoms with E-state index in [2.05, 4.69) is 22.9 Å². The van der Waals surface area contributed by atoms with Crippen LogP contribution < -0.4 is 4.90 Å². The summed E-state index contributed by atoms with van der Waals surface area (Å²) in [6, 6.07) is 9.04. The fourth-order valence-electron chi connectivity index (χ4n) is 3.14. The third kappa shape index (κ3) is 3.30. The summed E-state index contributed by atoms with van der Waals surface area (Å²) in [6.07, 6.45) is 1.55. The van der Waals surface area contributed by atoms with E-state index in [1.807, 2.05) is 25.1 Å². The van der Waals surface area contributed by atoms with Crippen LogP contribution in [0, 0.1) is 6.92 Å². The van der Waals surface area contributed by atoms with E-state index < -0.39 is 11.5 Å². The van der Waals surface area contributed by atoms with E-state index in [0.29, 0.717) is 22.7 Å². The van der Waals surface area contributed by atoms with Crippen LogP contribution in [0.1, 0.15) is 46.3 Å². The van der Waals surface area contributed by atoms with Gasteiger partial charge in [-0.25, -0.2) is 0 Å². The Morgan fingerprint density at radius 1 is 1.32 bits per heavy atom. The number of nitrogens with zero attached hydrogens (tertiary/aromatic N) is 1. The SMILES string of the molecule is CCCCN1C(=O)[C@@](O)(CC(=O)c2ccc(C)s2)c2cc(Br)ccc21. The Bertz CT molecular complexity index is 832. The number of ketones is 1. The number of Topliss-reactive ketones (excluding diaryl/α,β-unsaturated/α-hetero) is 1. The topological polar surface area (TPSA) is 57.6 Å². The summed E-state index contributed by atoms with van der Waals surface area (Å²) < 4.78 is 0.772. The number of aliphatic hydroxyl groups is 1. The molecule has 1 aromatic heterocycles. The summed E-state index contributed by atoms with van der Waals surface area (Å²) in [5, 5.41) is 11.2. The number of fused-ring (bicyclic) bond motifs is 1. The zero-order valence-electron chi connectivity index (χ0n) is 14.2. The first-order chi connectivity index (χ1) is 11.9. The summed E-state index contributed by atoms with van der Waals surface area (Å²) in [6.45, 7) is 4.52. The molecule has 0 aliphatic carbocycles. The predicted molar refractivity (Wildman–Crippen MR) is 103 cm³/mol. The zero-order valence-corrected chi connectivity index (χ0v) is 16.6. The lowest BCUT2D eigenvalue weighted by Crippen LogP contribution is -2.42. The highest BCUT2D eigenvalue weighted by atomic mass is 79.9. The van der Waals surface area contributed by atoms with Crippen molar-refractivity contribution in [2.24, 2.45) is 0 Å². The fraction of sp³-hybridized carbons (Fsp3) is 0.368. The number of hydrogen-bond acceptors (Lipinski definition) is 4. The molecule has 2 aromatic rings. The van der Waals surface area contributed by atoms with Crippen molar-refractivity contribution in [3.8, 4) is 0 Å². The Labute approximate surface area is 159 Å². The van der Waals surface area contributed by atoms with Crippen LogP contribution in [0.3, 0.4) is 0 Å². The smallest absolute Gasteiger partial charge is 0.264 e. The van der Waals surface area contributed by atoms with Crippen LogP contribution in [0.2, 0.25) is 0 Å². The van der Waals surface area contributed by atoms with Gasteiger partial charge in [0.25, 0.3) is 5.91 Å². The van der Waals surface area contributed by atoms with Gasteiger partial charge in [-0.15, -0.1) is 11.3 Å². The second kappa shape index (κ2) is 7.02. The molecule has 0 spiro atoms. The summed E-state index contributed by atoms with van der Waals surface area (Å²) in [7, 11) is 0. The molecular weight excluding hydrogens is 402 g/mol. The zero-order chi connectivity index (χ0) is 18.2. The maximum atomic E-state index is 13.0. The average molecular weight is 422 g/mol. The van der Waals surface area contributed by atoms with Crippen LogP contribution in [-0.2, 0) is 10.4 Å². The van der Waals surface area contributed by atoms with Gasteiger partial charge in [0.2, 0.25) is 0 Å². The molecule has 132 valence electrons. The molecule has 0 saturated heterocycles.